The number of morpholine rings is 1. The lowest BCUT2D eigenvalue weighted by molar-refractivity contribution is 0.0185. The maximum absolute atomic E-state index is 12.2. The van der Waals surface area contributed by atoms with Crippen LogP contribution in [0.4, 0.5) is 0 Å². The SMILES string of the molecule is O=C(CN1CCC(N2CCOCC2)C1)c1ccc(O)cc1. The van der Waals surface area contributed by atoms with Gasteiger partial charge in [-0.1, -0.05) is 0 Å². The molecule has 0 aliphatic carbocycles. The molecule has 0 spiro atoms. The number of nitrogens with zero attached hydrogens (tertiary/aromatic N) is 2. The third-order valence-electron chi connectivity index (χ3n) is 4.37. The highest BCUT2D eigenvalue weighted by molar-refractivity contribution is 5.97. The van der Waals surface area contributed by atoms with Gasteiger partial charge in [0.15, 0.2) is 5.78 Å². The van der Waals surface area contributed by atoms with E-state index < -0.39 is 0 Å². The van der Waals surface area contributed by atoms with E-state index in [1.165, 1.54) is 0 Å². The Hall–Kier alpha value is -1.43. The Balaban J connectivity index is 1.52. The van der Waals surface area contributed by atoms with Crippen LogP contribution < -0.4 is 0 Å². The number of phenolic OH excluding ortho intramolecular Hbond substituents is 1. The van der Waals surface area contributed by atoms with E-state index in [0.717, 1.165) is 45.8 Å². The minimum absolute atomic E-state index is 0.123. The second-order valence-corrected chi connectivity index (χ2v) is 5.80. The first-order valence-corrected chi connectivity index (χ1v) is 7.59. The van der Waals surface area contributed by atoms with Crippen molar-refractivity contribution in [3.63, 3.8) is 0 Å². The average Bonchev–Trinajstić information content (AvgIpc) is 2.97. The molecule has 2 heterocycles. The maximum Gasteiger partial charge on any atom is 0.176 e. The van der Waals surface area contributed by atoms with E-state index in [0.29, 0.717) is 18.2 Å². The molecular formula is C16H22N2O3. The van der Waals surface area contributed by atoms with Gasteiger partial charge in [0, 0.05) is 37.8 Å². The van der Waals surface area contributed by atoms with Crippen molar-refractivity contribution in [2.24, 2.45) is 0 Å². The second kappa shape index (κ2) is 6.56. The lowest BCUT2D eigenvalue weighted by atomic mass is 10.1. The van der Waals surface area contributed by atoms with Gasteiger partial charge in [-0.2, -0.15) is 0 Å². The summed E-state index contributed by atoms with van der Waals surface area (Å²) in [5.41, 5.74) is 0.669. The number of Topliss-reactive ketones (excluding diaryl/α,β-unsaturated/α-hetero) is 1. The van der Waals surface area contributed by atoms with Gasteiger partial charge in [-0.3, -0.25) is 14.6 Å². The smallest absolute Gasteiger partial charge is 0.176 e. The van der Waals surface area contributed by atoms with Crippen LogP contribution in [0.15, 0.2) is 24.3 Å². The second-order valence-electron chi connectivity index (χ2n) is 5.80. The summed E-state index contributed by atoms with van der Waals surface area (Å²) >= 11 is 0. The van der Waals surface area contributed by atoms with Crippen molar-refractivity contribution < 1.29 is 14.6 Å². The molecule has 114 valence electrons. The van der Waals surface area contributed by atoms with Gasteiger partial charge in [0.25, 0.3) is 0 Å². The zero-order chi connectivity index (χ0) is 14.7. The Morgan fingerprint density at radius 3 is 2.62 bits per heavy atom. The third-order valence-corrected chi connectivity index (χ3v) is 4.37. The van der Waals surface area contributed by atoms with Crippen LogP contribution in [0.1, 0.15) is 16.8 Å². The monoisotopic (exact) mass is 290 g/mol. The summed E-state index contributed by atoms with van der Waals surface area (Å²) < 4.78 is 5.39. The van der Waals surface area contributed by atoms with Gasteiger partial charge in [-0.05, 0) is 30.7 Å². The number of likely N-dealkylation sites (tertiary alicyclic amines) is 1. The van der Waals surface area contributed by atoms with E-state index in [4.69, 9.17) is 4.74 Å². The van der Waals surface area contributed by atoms with Gasteiger partial charge in [0.2, 0.25) is 0 Å². The van der Waals surface area contributed by atoms with Crippen LogP contribution >= 0.6 is 0 Å². The standard InChI is InChI=1S/C16H22N2O3/c19-15-3-1-13(2-4-15)16(20)12-17-6-5-14(11-17)18-7-9-21-10-8-18/h1-4,14,19H,5-12H2. The molecule has 0 radical (unpaired) electrons. The van der Waals surface area contributed by atoms with E-state index in [9.17, 15) is 9.90 Å². The molecule has 5 heteroatoms. The van der Waals surface area contributed by atoms with Crippen molar-refractivity contribution >= 4 is 5.78 Å². The van der Waals surface area contributed by atoms with Crippen molar-refractivity contribution in [2.45, 2.75) is 12.5 Å². The summed E-state index contributed by atoms with van der Waals surface area (Å²) in [4.78, 5) is 17.0. The fourth-order valence-electron chi connectivity index (χ4n) is 3.14. The minimum Gasteiger partial charge on any atom is -0.508 e. The van der Waals surface area contributed by atoms with Crippen LogP contribution in [0.25, 0.3) is 0 Å². The van der Waals surface area contributed by atoms with Crippen LogP contribution in [0.5, 0.6) is 5.75 Å². The fraction of sp³-hybridized carbons (Fsp3) is 0.562. The maximum atomic E-state index is 12.2. The Kier molecular flexibility index (Phi) is 4.53. The highest BCUT2D eigenvalue weighted by Gasteiger charge is 2.29. The lowest BCUT2D eigenvalue weighted by Gasteiger charge is -2.32. The molecule has 1 aromatic carbocycles. The molecule has 2 saturated heterocycles. The molecule has 0 bridgehead atoms. The molecule has 0 aromatic heterocycles. The summed E-state index contributed by atoms with van der Waals surface area (Å²) in [5, 5.41) is 9.26. The Labute approximate surface area is 125 Å². The molecule has 1 atom stereocenters. The number of carbonyl (C=O) groups excluding carboxylic acids is 1. The Bertz CT molecular complexity index is 483. The zero-order valence-electron chi connectivity index (χ0n) is 12.2. The number of aromatic hydroxyl groups is 1. The number of carbonyl (C=O) groups is 1. The molecule has 2 aliphatic rings. The van der Waals surface area contributed by atoms with Crippen LogP contribution in [0, 0.1) is 0 Å². The summed E-state index contributed by atoms with van der Waals surface area (Å²) in [6.07, 6.45) is 1.13. The third kappa shape index (κ3) is 3.61. The van der Waals surface area contributed by atoms with E-state index >= 15 is 0 Å². The minimum atomic E-state index is 0.123. The molecule has 1 N–H and O–H groups in total. The van der Waals surface area contributed by atoms with E-state index in [2.05, 4.69) is 9.80 Å². The summed E-state index contributed by atoms with van der Waals surface area (Å²) in [6, 6.07) is 7.06. The van der Waals surface area contributed by atoms with E-state index in [1.807, 2.05) is 0 Å². The Morgan fingerprint density at radius 2 is 1.90 bits per heavy atom. The molecule has 2 fully saturated rings. The molecule has 0 amide bonds. The number of hydrogen-bond acceptors (Lipinski definition) is 5. The zero-order valence-corrected chi connectivity index (χ0v) is 12.2. The van der Waals surface area contributed by atoms with Crippen molar-refractivity contribution in [1.82, 2.24) is 9.80 Å². The first-order valence-electron chi connectivity index (χ1n) is 7.59. The van der Waals surface area contributed by atoms with Crippen molar-refractivity contribution in [3.05, 3.63) is 29.8 Å². The summed E-state index contributed by atoms with van der Waals surface area (Å²) in [7, 11) is 0. The molecule has 1 aromatic rings. The number of ether oxygens (including phenoxy) is 1. The van der Waals surface area contributed by atoms with Gasteiger partial charge in [-0.25, -0.2) is 0 Å². The predicted molar refractivity (Wildman–Crippen MR) is 79.7 cm³/mol. The molecule has 21 heavy (non-hydrogen) atoms. The van der Waals surface area contributed by atoms with E-state index in [1.54, 1.807) is 24.3 Å². The first-order chi connectivity index (χ1) is 10.2. The average molecular weight is 290 g/mol. The van der Waals surface area contributed by atoms with Crippen molar-refractivity contribution in [1.29, 1.82) is 0 Å². The van der Waals surface area contributed by atoms with Gasteiger partial charge < -0.3 is 9.84 Å². The largest absolute Gasteiger partial charge is 0.508 e. The first kappa shape index (κ1) is 14.5. The van der Waals surface area contributed by atoms with E-state index in [-0.39, 0.29) is 11.5 Å². The lowest BCUT2D eigenvalue weighted by Crippen LogP contribution is -2.45. The molecule has 0 saturated carbocycles. The van der Waals surface area contributed by atoms with Gasteiger partial charge in [-0.15, -0.1) is 0 Å². The number of hydrogen-bond donors (Lipinski definition) is 1. The highest BCUT2D eigenvalue weighted by atomic mass is 16.5. The fourth-order valence-corrected chi connectivity index (χ4v) is 3.14. The van der Waals surface area contributed by atoms with Gasteiger partial charge >= 0.3 is 0 Å². The van der Waals surface area contributed by atoms with Crippen LogP contribution in [-0.4, -0.2) is 72.7 Å². The predicted octanol–water partition coefficient (Wildman–Crippen LogP) is 0.981. The number of rotatable bonds is 4. The van der Waals surface area contributed by atoms with Crippen molar-refractivity contribution in [3.8, 4) is 5.75 Å². The van der Waals surface area contributed by atoms with Crippen molar-refractivity contribution in [2.75, 3.05) is 45.9 Å². The molecule has 3 rings (SSSR count). The molecular weight excluding hydrogens is 268 g/mol. The van der Waals surface area contributed by atoms with Crippen LogP contribution in [0.2, 0.25) is 0 Å². The number of ketones is 1. The Morgan fingerprint density at radius 1 is 1.19 bits per heavy atom. The van der Waals surface area contributed by atoms with Gasteiger partial charge in [0.1, 0.15) is 5.75 Å². The van der Waals surface area contributed by atoms with Crippen LogP contribution in [0.3, 0.4) is 0 Å². The number of phenols is 1. The normalized spacial score (nSPS) is 24.3. The summed E-state index contributed by atoms with van der Waals surface area (Å²) in [5.74, 6) is 0.317. The molecule has 5 nitrogen and oxygen atoms in total. The summed E-state index contributed by atoms with van der Waals surface area (Å²) in [6.45, 7) is 6.06. The topological polar surface area (TPSA) is 53.0 Å². The van der Waals surface area contributed by atoms with Crippen LogP contribution in [-0.2, 0) is 4.74 Å². The molecule has 1 unspecified atom stereocenters. The van der Waals surface area contributed by atoms with Gasteiger partial charge in [0.05, 0.1) is 19.8 Å². The molecule has 2 aliphatic heterocycles. The number of benzene rings is 1. The quantitative estimate of drug-likeness (QED) is 0.838. The highest BCUT2D eigenvalue weighted by Crippen LogP contribution is 2.18.